The standard InChI is InChI=1S/C15H12Cl2N2/c1-10-4-2-7-13-15(10)18-14(9-16)19(13)12-6-3-5-11(17)8-12/h2-8H,9H2,1H3. The molecule has 1 aromatic heterocycles. The molecule has 1 heterocycles. The maximum atomic E-state index is 6.07. The van der Waals surface area contributed by atoms with E-state index in [2.05, 4.69) is 22.5 Å². The second-order valence-electron chi connectivity index (χ2n) is 4.42. The number of halogens is 2. The first-order valence-electron chi connectivity index (χ1n) is 5.99. The molecule has 4 heteroatoms. The van der Waals surface area contributed by atoms with Crippen LogP contribution in [0.25, 0.3) is 16.7 Å². The van der Waals surface area contributed by atoms with Gasteiger partial charge in [-0.25, -0.2) is 4.98 Å². The Morgan fingerprint density at radius 3 is 2.68 bits per heavy atom. The van der Waals surface area contributed by atoms with Crippen LogP contribution in [-0.2, 0) is 5.88 Å². The second-order valence-corrected chi connectivity index (χ2v) is 5.12. The van der Waals surface area contributed by atoms with Crippen molar-refractivity contribution >= 4 is 34.2 Å². The maximum Gasteiger partial charge on any atom is 0.129 e. The van der Waals surface area contributed by atoms with Crippen molar-refractivity contribution in [2.75, 3.05) is 0 Å². The van der Waals surface area contributed by atoms with Gasteiger partial charge < -0.3 is 0 Å². The number of fused-ring (bicyclic) bond motifs is 1. The van der Waals surface area contributed by atoms with Crippen LogP contribution in [0.2, 0.25) is 5.02 Å². The summed E-state index contributed by atoms with van der Waals surface area (Å²) in [6.07, 6.45) is 0. The van der Waals surface area contributed by atoms with Crippen molar-refractivity contribution in [2.45, 2.75) is 12.8 Å². The van der Waals surface area contributed by atoms with Crippen molar-refractivity contribution in [3.8, 4) is 5.69 Å². The minimum Gasteiger partial charge on any atom is -0.295 e. The zero-order valence-corrected chi connectivity index (χ0v) is 11.9. The molecule has 2 aromatic carbocycles. The highest BCUT2D eigenvalue weighted by molar-refractivity contribution is 6.30. The third-order valence-corrected chi connectivity index (χ3v) is 3.62. The number of hydrogen-bond donors (Lipinski definition) is 0. The fraction of sp³-hybridized carbons (Fsp3) is 0.133. The highest BCUT2D eigenvalue weighted by atomic mass is 35.5. The van der Waals surface area contributed by atoms with Crippen molar-refractivity contribution in [3.63, 3.8) is 0 Å². The molecule has 0 unspecified atom stereocenters. The Labute approximate surface area is 121 Å². The summed E-state index contributed by atoms with van der Waals surface area (Å²) in [5.41, 5.74) is 4.16. The quantitative estimate of drug-likeness (QED) is 0.624. The summed E-state index contributed by atoms with van der Waals surface area (Å²) in [4.78, 5) is 4.62. The molecule has 0 aliphatic carbocycles. The molecule has 0 aliphatic rings. The van der Waals surface area contributed by atoms with Gasteiger partial charge in [-0.05, 0) is 36.8 Å². The van der Waals surface area contributed by atoms with Gasteiger partial charge in [-0.3, -0.25) is 4.57 Å². The molecule has 0 saturated carbocycles. The molecule has 2 nitrogen and oxygen atoms in total. The van der Waals surface area contributed by atoms with Crippen LogP contribution in [0.3, 0.4) is 0 Å². The molecule has 0 bridgehead atoms. The smallest absolute Gasteiger partial charge is 0.129 e. The highest BCUT2D eigenvalue weighted by Crippen LogP contribution is 2.26. The van der Waals surface area contributed by atoms with Crippen LogP contribution < -0.4 is 0 Å². The summed E-state index contributed by atoms with van der Waals surface area (Å²) in [6, 6.07) is 13.8. The van der Waals surface area contributed by atoms with Crippen LogP contribution in [0, 0.1) is 6.92 Å². The summed E-state index contributed by atoms with van der Waals surface area (Å²) < 4.78 is 2.06. The topological polar surface area (TPSA) is 17.8 Å². The summed E-state index contributed by atoms with van der Waals surface area (Å²) in [5, 5.41) is 0.701. The number of aryl methyl sites for hydroxylation is 1. The fourth-order valence-corrected chi connectivity index (χ4v) is 2.64. The fourth-order valence-electron chi connectivity index (χ4n) is 2.28. The normalized spacial score (nSPS) is 11.1. The summed E-state index contributed by atoms with van der Waals surface area (Å²) >= 11 is 12.1. The van der Waals surface area contributed by atoms with Crippen LogP contribution in [0.15, 0.2) is 42.5 Å². The van der Waals surface area contributed by atoms with Gasteiger partial charge >= 0.3 is 0 Å². The molecule has 0 atom stereocenters. The number of rotatable bonds is 2. The van der Waals surface area contributed by atoms with Gasteiger partial charge in [0.1, 0.15) is 5.82 Å². The van der Waals surface area contributed by atoms with Gasteiger partial charge in [-0.1, -0.05) is 29.8 Å². The van der Waals surface area contributed by atoms with Gasteiger partial charge in [0.05, 0.1) is 16.9 Å². The number of hydrogen-bond acceptors (Lipinski definition) is 1. The predicted molar refractivity (Wildman–Crippen MR) is 80.4 cm³/mol. The van der Waals surface area contributed by atoms with E-state index < -0.39 is 0 Å². The van der Waals surface area contributed by atoms with E-state index in [9.17, 15) is 0 Å². The molecular weight excluding hydrogens is 279 g/mol. The summed E-state index contributed by atoms with van der Waals surface area (Å²) in [6.45, 7) is 2.05. The number of benzene rings is 2. The molecule has 0 spiro atoms. The highest BCUT2D eigenvalue weighted by Gasteiger charge is 2.12. The Morgan fingerprint density at radius 1 is 1.16 bits per heavy atom. The first-order chi connectivity index (χ1) is 9.20. The average Bonchev–Trinajstić information content (AvgIpc) is 2.78. The Balaban J connectivity index is 2.36. The van der Waals surface area contributed by atoms with Gasteiger partial charge in [-0.2, -0.15) is 0 Å². The molecule has 0 aliphatic heterocycles. The minimum atomic E-state index is 0.362. The molecule has 0 radical (unpaired) electrons. The minimum absolute atomic E-state index is 0.362. The van der Waals surface area contributed by atoms with E-state index in [1.807, 2.05) is 36.4 Å². The molecule has 3 aromatic rings. The molecule has 3 rings (SSSR count). The van der Waals surface area contributed by atoms with Gasteiger partial charge in [0.2, 0.25) is 0 Å². The molecular formula is C15H12Cl2N2. The lowest BCUT2D eigenvalue weighted by molar-refractivity contribution is 0.982. The predicted octanol–water partition coefficient (Wildman–Crippen LogP) is 4.73. The Hall–Kier alpha value is -1.51. The van der Waals surface area contributed by atoms with E-state index >= 15 is 0 Å². The maximum absolute atomic E-state index is 6.07. The van der Waals surface area contributed by atoms with Gasteiger partial charge in [0.25, 0.3) is 0 Å². The monoisotopic (exact) mass is 290 g/mol. The Morgan fingerprint density at radius 2 is 1.95 bits per heavy atom. The van der Waals surface area contributed by atoms with E-state index in [1.54, 1.807) is 0 Å². The first kappa shape index (κ1) is 12.5. The average molecular weight is 291 g/mol. The molecule has 0 N–H and O–H groups in total. The van der Waals surface area contributed by atoms with Crippen LogP contribution in [0.1, 0.15) is 11.4 Å². The molecule has 19 heavy (non-hydrogen) atoms. The van der Waals surface area contributed by atoms with Crippen molar-refractivity contribution in [1.82, 2.24) is 9.55 Å². The van der Waals surface area contributed by atoms with E-state index in [1.165, 1.54) is 0 Å². The number of para-hydroxylation sites is 1. The first-order valence-corrected chi connectivity index (χ1v) is 6.91. The van der Waals surface area contributed by atoms with Crippen LogP contribution >= 0.6 is 23.2 Å². The summed E-state index contributed by atoms with van der Waals surface area (Å²) in [5.74, 6) is 1.19. The van der Waals surface area contributed by atoms with Gasteiger partial charge in [0, 0.05) is 10.7 Å². The van der Waals surface area contributed by atoms with E-state index in [0.717, 1.165) is 28.1 Å². The van der Waals surface area contributed by atoms with Gasteiger partial charge in [0.15, 0.2) is 0 Å². The van der Waals surface area contributed by atoms with E-state index in [-0.39, 0.29) is 0 Å². The largest absolute Gasteiger partial charge is 0.295 e. The van der Waals surface area contributed by atoms with E-state index in [4.69, 9.17) is 23.2 Å². The lowest BCUT2D eigenvalue weighted by Gasteiger charge is -2.08. The van der Waals surface area contributed by atoms with Crippen molar-refractivity contribution < 1.29 is 0 Å². The third kappa shape index (κ3) is 2.11. The van der Waals surface area contributed by atoms with Crippen molar-refractivity contribution in [1.29, 1.82) is 0 Å². The lowest BCUT2D eigenvalue weighted by Crippen LogP contribution is -1.98. The van der Waals surface area contributed by atoms with Crippen LogP contribution in [0.4, 0.5) is 0 Å². The van der Waals surface area contributed by atoms with E-state index in [0.29, 0.717) is 10.9 Å². The van der Waals surface area contributed by atoms with Crippen LogP contribution in [0.5, 0.6) is 0 Å². The molecule has 0 fully saturated rings. The number of imidazole rings is 1. The lowest BCUT2D eigenvalue weighted by atomic mass is 10.2. The third-order valence-electron chi connectivity index (χ3n) is 3.14. The summed E-state index contributed by atoms with van der Waals surface area (Å²) in [7, 11) is 0. The zero-order chi connectivity index (χ0) is 13.4. The molecule has 96 valence electrons. The van der Waals surface area contributed by atoms with Crippen molar-refractivity contribution in [2.24, 2.45) is 0 Å². The molecule has 0 amide bonds. The second kappa shape index (κ2) is 4.87. The Kier molecular flexibility index (Phi) is 3.21. The number of alkyl halides is 1. The van der Waals surface area contributed by atoms with Crippen molar-refractivity contribution in [3.05, 3.63) is 58.9 Å². The molecule has 0 saturated heterocycles. The SMILES string of the molecule is Cc1cccc2c1nc(CCl)n2-c1cccc(Cl)c1. The zero-order valence-electron chi connectivity index (χ0n) is 10.4. The number of aromatic nitrogens is 2. The van der Waals surface area contributed by atoms with Gasteiger partial charge in [-0.15, -0.1) is 11.6 Å². The van der Waals surface area contributed by atoms with Crippen LogP contribution in [-0.4, -0.2) is 9.55 Å². The Bertz CT molecular complexity index is 747. The number of nitrogens with zero attached hydrogens (tertiary/aromatic N) is 2.